The van der Waals surface area contributed by atoms with E-state index in [4.69, 9.17) is 0 Å². The van der Waals surface area contributed by atoms with Gasteiger partial charge >= 0.3 is 12.0 Å². The van der Waals surface area contributed by atoms with Crippen LogP contribution in [0.15, 0.2) is 22.7 Å². The Kier molecular flexibility index (Phi) is 4.36. The molecule has 6 heteroatoms. The topological polar surface area (TPSA) is 69.6 Å². The number of carboxylic acid groups (broad SMARTS) is 1. The molecule has 5 nitrogen and oxygen atoms in total. The second-order valence-electron chi connectivity index (χ2n) is 6.52. The number of nitrogens with zero attached hydrogens (tertiary/aromatic N) is 1. The fourth-order valence-electron chi connectivity index (χ4n) is 3.96. The lowest BCUT2D eigenvalue weighted by Gasteiger charge is -2.23. The number of urea groups is 1. The van der Waals surface area contributed by atoms with Crippen LogP contribution in [0.4, 0.5) is 10.5 Å². The van der Waals surface area contributed by atoms with Gasteiger partial charge < -0.3 is 15.3 Å². The van der Waals surface area contributed by atoms with E-state index in [9.17, 15) is 14.7 Å². The van der Waals surface area contributed by atoms with Crippen LogP contribution < -0.4 is 5.32 Å². The van der Waals surface area contributed by atoms with Crippen LogP contribution in [-0.2, 0) is 11.2 Å². The molecule has 1 aliphatic carbocycles. The minimum absolute atomic E-state index is 0.0845. The average Bonchev–Trinajstić information content (AvgIpc) is 3.07. The fraction of sp³-hybridized carbons (Fsp3) is 0.529. The third-order valence-electron chi connectivity index (χ3n) is 5.27. The smallest absolute Gasteiger partial charge is 0.321 e. The van der Waals surface area contributed by atoms with Crippen LogP contribution in [0, 0.1) is 11.3 Å². The molecule has 2 aliphatic rings. The Hall–Kier alpha value is -1.56. The van der Waals surface area contributed by atoms with Crippen molar-refractivity contribution in [3.8, 4) is 0 Å². The number of fused-ring (bicyclic) bond motifs is 1. The number of likely N-dealkylation sites (tertiary alicyclic amines) is 1. The molecule has 1 aromatic carbocycles. The molecule has 23 heavy (non-hydrogen) atoms. The van der Waals surface area contributed by atoms with Gasteiger partial charge in [-0.05, 0) is 48.9 Å². The Morgan fingerprint density at radius 3 is 2.91 bits per heavy atom. The maximum absolute atomic E-state index is 12.6. The summed E-state index contributed by atoms with van der Waals surface area (Å²) in [5.74, 6) is -0.672. The molecule has 0 unspecified atom stereocenters. The maximum atomic E-state index is 12.6. The largest absolute Gasteiger partial charge is 0.481 e. The molecule has 1 saturated heterocycles. The highest BCUT2D eigenvalue weighted by Crippen LogP contribution is 2.48. The van der Waals surface area contributed by atoms with E-state index in [1.165, 1.54) is 0 Å². The number of carboxylic acids is 1. The van der Waals surface area contributed by atoms with Crippen molar-refractivity contribution in [3.05, 3.63) is 28.2 Å². The van der Waals surface area contributed by atoms with Crippen LogP contribution in [0.5, 0.6) is 0 Å². The van der Waals surface area contributed by atoms with Gasteiger partial charge in [-0.2, -0.15) is 0 Å². The molecular formula is C17H21BrN2O3. The van der Waals surface area contributed by atoms with Gasteiger partial charge in [0, 0.05) is 23.2 Å². The van der Waals surface area contributed by atoms with Gasteiger partial charge in [0.15, 0.2) is 0 Å². The third-order valence-corrected chi connectivity index (χ3v) is 5.77. The number of carbonyl (C=O) groups is 2. The minimum Gasteiger partial charge on any atom is -0.481 e. The number of hydrogen-bond acceptors (Lipinski definition) is 2. The number of hydrogen-bond donors (Lipinski definition) is 2. The minimum atomic E-state index is -0.756. The summed E-state index contributed by atoms with van der Waals surface area (Å²) in [6, 6.07) is 5.57. The van der Waals surface area contributed by atoms with E-state index in [2.05, 4.69) is 21.2 Å². The summed E-state index contributed by atoms with van der Waals surface area (Å²) >= 11 is 3.44. The number of nitrogens with one attached hydrogen (secondary N) is 1. The van der Waals surface area contributed by atoms with E-state index in [0.717, 1.165) is 35.0 Å². The molecule has 0 aromatic heterocycles. The van der Waals surface area contributed by atoms with Gasteiger partial charge in [0.1, 0.15) is 0 Å². The lowest BCUT2D eigenvalue weighted by molar-refractivity contribution is -0.149. The molecule has 2 amide bonds. The van der Waals surface area contributed by atoms with Gasteiger partial charge in [0.05, 0.1) is 5.41 Å². The van der Waals surface area contributed by atoms with Gasteiger partial charge in [0.25, 0.3) is 0 Å². The van der Waals surface area contributed by atoms with E-state index in [1.54, 1.807) is 4.90 Å². The van der Waals surface area contributed by atoms with Gasteiger partial charge in [-0.25, -0.2) is 4.79 Å². The van der Waals surface area contributed by atoms with E-state index < -0.39 is 11.4 Å². The number of amides is 2. The van der Waals surface area contributed by atoms with Crippen molar-refractivity contribution >= 4 is 33.6 Å². The first-order valence-electron chi connectivity index (χ1n) is 8.04. The van der Waals surface area contributed by atoms with Crippen LogP contribution in [0.1, 0.15) is 31.7 Å². The zero-order valence-corrected chi connectivity index (χ0v) is 14.7. The number of rotatable bonds is 3. The zero-order valence-electron chi connectivity index (χ0n) is 13.1. The van der Waals surface area contributed by atoms with Crippen molar-refractivity contribution in [3.63, 3.8) is 0 Å². The Balaban J connectivity index is 1.74. The maximum Gasteiger partial charge on any atom is 0.321 e. The van der Waals surface area contributed by atoms with Gasteiger partial charge in [0.2, 0.25) is 0 Å². The van der Waals surface area contributed by atoms with Crippen LogP contribution >= 0.6 is 15.9 Å². The highest BCUT2D eigenvalue weighted by atomic mass is 79.9. The van der Waals surface area contributed by atoms with Gasteiger partial charge in [-0.1, -0.05) is 29.3 Å². The van der Waals surface area contributed by atoms with E-state index in [0.29, 0.717) is 19.5 Å². The number of benzene rings is 1. The third kappa shape index (κ3) is 2.84. The monoisotopic (exact) mass is 380 g/mol. The predicted octanol–water partition coefficient (Wildman–Crippen LogP) is 3.73. The number of anilines is 1. The molecule has 1 heterocycles. The molecule has 0 radical (unpaired) electrons. The summed E-state index contributed by atoms with van der Waals surface area (Å²) in [4.78, 5) is 25.9. The molecule has 0 bridgehead atoms. The molecule has 124 valence electrons. The van der Waals surface area contributed by atoms with Crippen LogP contribution in [0.2, 0.25) is 0 Å². The summed E-state index contributed by atoms with van der Waals surface area (Å²) in [7, 11) is 0. The molecule has 0 spiro atoms. The van der Waals surface area contributed by atoms with Gasteiger partial charge in [-0.3, -0.25) is 4.79 Å². The van der Waals surface area contributed by atoms with Gasteiger partial charge in [-0.15, -0.1) is 0 Å². The number of aliphatic carboxylic acids is 1. The molecule has 1 aliphatic heterocycles. The second kappa shape index (κ2) is 6.15. The normalized spacial score (nSPS) is 26.2. The predicted molar refractivity (Wildman–Crippen MR) is 91.5 cm³/mol. The number of halogens is 1. The molecule has 3 rings (SSSR count). The number of carbonyl (C=O) groups excluding carboxylic acids is 1. The average molecular weight is 381 g/mol. The van der Waals surface area contributed by atoms with Crippen molar-refractivity contribution in [1.82, 2.24) is 4.90 Å². The first-order valence-corrected chi connectivity index (χ1v) is 8.83. The Labute approximate surface area is 144 Å². The van der Waals surface area contributed by atoms with Crippen molar-refractivity contribution in [2.45, 2.75) is 32.6 Å². The Morgan fingerprint density at radius 2 is 2.26 bits per heavy atom. The highest BCUT2D eigenvalue weighted by Gasteiger charge is 2.55. The van der Waals surface area contributed by atoms with Crippen molar-refractivity contribution in [1.29, 1.82) is 0 Å². The molecule has 1 aromatic rings. The molecule has 2 N–H and O–H groups in total. The molecule has 1 saturated carbocycles. The Bertz CT molecular complexity index is 649. The number of aryl methyl sites for hydroxylation is 1. The fourth-order valence-corrected chi connectivity index (χ4v) is 4.37. The summed E-state index contributed by atoms with van der Waals surface area (Å²) in [5.41, 5.74) is 1.12. The SMILES string of the molecule is CCc1cc(Br)ccc1NC(=O)N1C[C@@H]2CCC[C@@]2(C(=O)O)C1. The van der Waals surface area contributed by atoms with E-state index in [1.807, 2.05) is 25.1 Å². The quantitative estimate of drug-likeness (QED) is 0.838. The molecule has 2 atom stereocenters. The first kappa shape index (κ1) is 16.3. The van der Waals surface area contributed by atoms with E-state index >= 15 is 0 Å². The first-order chi connectivity index (χ1) is 11.0. The zero-order chi connectivity index (χ0) is 16.6. The van der Waals surface area contributed by atoms with Crippen LogP contribution in [-0.4, -0.2) is 35.1 Å². The lowest BCUT2D eigenvalue weighted by atomic mass is 9.81. The van der Waals surface area contributed by atoms with Crippen LogP contribution in [0.3, 0.4) is 0 Å². The second-order valence-corrected chi connectivity index (χ2v) is 7.43. The van der Waals surface area contributed by atoms with Crippen molar-refractivity contribution in [2.24, 2.45) is 11.3 Å². The van der Waals surface area contributed by atoms with Crippen molar-refractivity contribution < 1.29 is 14.7 Å². The standard InChI is InChI=1S/C17H21BrN2O3/c1-2-11-8-13(18)5-6-14(11)19-16(23)20-9-12-4-3-7-17(12,10-20)15(21)22/h5-6,8,12H,2-4,7,9-10H2,1H3,(H,19,23)(H,21,22)/t12-,17+/m0/s1. The molecular weight excluding hydrogens is 360 g/mol. The van der Waals surface area contributed by atoms with E-state index in [-0.39, 0.29) is 11.9 Å². The molecule has 2 fully saturated rings. The summed E-state index contributed by atoms with van der Waals surface area (Å²) in [6.45, 7) is 2.89. The summed E-state index contributed by atoms with van der Waals surface area (Å²) < 4.78 is 0.980. The lowest BCUT2D eigenvalue weighted by Crippen LogP contribution is -2.38. The van der Waals surface area contributed by atoms with Crippen LogP contribution in [0.25, 0.3) is 0 Å². The highest BCUT2D eigenvalue weighted by molar-refractivity contribution is 9.10. The summed E-state index contributed by atoms with van der Waals surface area (Å²) in [6.07, 6.45) is 3.33. The summed E-state index contributed by atoms with van der Waals surface area (Å²) in [5, 5.41) is 12.6. The van der Waals surface area contributed by atoms with Crippen molar-refractivity contribution in [2.75, 3.05) is 18.4 Å². The Morgan fingerprint density at radius 1 is 1.48 bits per heavy atom.